The number of aromatic nitrogens is 4. The normalized spacial score (nSPS) is 12.3. The monoisotopic (exact) mass is 369 g/mol. The number of aromatic amines is 1. The molecule has 0 spiro atoms. The number of tetrazole rings is 1. The van der Waals surface area contributed by atoms with Gasteiger partial charge in [0.25, 0.3) is 11.3 Å². The van der Waals surface area contributed by atoms with Gasteiger partial charge in [-0.3, -0.25) is 9.27 Å². The number of hydrogen-bond acceptors (Lipinski definition) is 5. The second kappa shape index (κ2) is 7.18. The first kappa shape index (κ1) is 16.1. The molecule has 0 aliphatic heterocycles. The Hall–Kier alpha value is -1.81. The molecule has 1 unspecified atom stereocenters. The summed E-state index contributed by atoms with van der Waals surface area (Å²) < 4.78 is 22.4. The predicted molar refractivity (Wildman–Crippen MR) is 90.7 cm³/mol. The Morgan fingerprint density at radius 1 is 1.39 bits per heavy atom. The van der Waals surface area contributed by atoms with Crippen LogP contribution in [0.15, 0.2) is 29.6 Å². The van der Waals surface area contributed by atoms with Gasteiger partial charge in [-0.15, -0.1) is 21.5 Å². The number of nitrogens with zero attached hydrogens (tertiary/aromatic N) is 3. The van der Waals surface area contributed by atoms with Crippen LogP contribution in [0.2, 0.25) is 5.02 Å². The number of aryl methyl sites for hydroxylation is 2. The molecule has 3 rings (SSSR count). The molecule has 2 heterocycles. The van der Waals surface area contributed by atoms with Crippen molar-refractivity contribution in [1.29, 1.82) is 0 Å². The Labute approximate surface area is 143 Å². The summed E-state index contributed by atoms with van der Waals surface area (Å²) >= 11 is 5.68. The van der Waals surface area contributed by atoms with Gasteiger partial charge in [-0.25, -0.2) is 4.21 Å². The fourth-order valence-corrected chi connectivity index (χ4v) is 3.55. The number of thiophene rings is 1. The van der Waals surface area contributed by atoms with Crippen LogP contribution in [0, 0.1) is 0 Å². The highest BCUT2D eigenvalue weighted by Crippen LogP contribution is 2.32. The van der Waals surface area contributed by atoms with E-state index in [9.17, 15) is 4.21 Å². The lowest BCUT2D eigenvalue weighted by Gasteiger charge is -2.11. The van der Waals surface area contributed by atoms with Gasteiger partial charge in [-0.05, 0) is 47.2 Å². The lowest BCUT2D eigenvalue weighted by Crippen LogP contribution is -2.04. The minimum absolute atomic E-state index is 0.340. The van der Waals surface area contributed by atoms with E-state index in [1.165, 1.54) is 4.88 Å². The Morgan fingerprint density at radius 3 is 2.91 bits per heavy atom. The Bertz CT molecular complexity index is 808. The van der Waals surface area contributed by atoms with E-state index in [4.69, 9.17) is 16.2 Å². The number of halogens is 1. The topological polar surface area (TPSA) is 104 Å². The van der Waals surface area contributed by atoms with Crippen molar-refractivity contribution in [2.24, 2.45) is 0 Å². The van der Waals surface area contributed by atoms with Gasteiger partial charge in [0.1, 0.15) is 0 Å². The first-order valence-corrected chi connectivity index (χ1v) is 8.96. The summed E-state index contributed by atoms with van der Waals surface area (Å²) in [5.41, 5.74) is 2.00. The second-order valence-corrected chi connectivity index (χ2v) is 6.80. The third kappa shape index (κ3) is 3.94. The van der Waals surface area contributed by atoms with Crippen LogP contribution in [0.3, 0.4) is 0 Å². The fourth-order valence-electron chi connectivity index (χ4n) is 2.19. The van der Waals surface area contributed by atoms with Crippen molar-refractivity contribution in [3.63, 3.8) is 0 Å². The standard InChI is InChI=1S/C13H12ClN5O2S2/c14-11-6-8(3-4-9-2-1-5-22-9)10(13-15-18-19-16-13)7-12(11)17-23(20)21/h1-2,5-7,17H,3-4H2,(H,20,21)(H,15,16,18,19). The van der Waals surface area contributed by atoms with E-state index in [1.54, 1.807) is 23.5 Å². The lowest BCUT2D eigenvalue weighted by molar-refractivity contribution is 0.570. The van der Waals surface area contributed by atoms with Crippen LogP contribution in [0.5, 0.6) is 0 Å². The van der Waals surface area contributed by atoms with Gasteiger partial charge in [0.15, 0.2) is 0 Å². The van der Waals surface area contributed by atoms with Gasteiger partial charge in [0.2, 0.25) is 5.82 Å². The maximum atomic E-state index is 11.0. The lowest BCUT2D eigenvalue weighted by atomic mass is 10.0. The molecular weight excluding hydrogens is 358 g/mol. The minimum Gasteiger partial charge on any atom is -0.289 e. The van der Waals surface area contributed by atoms with Crippen molar-refractivity contribution in [2.45, 2.75) is 12.8 Å². The molecule has 7 nitrogen and oxygen atoms in total. The molecule has 0 bridgehead atoms. The van der Waals surface area contributed by atoms with Gasteiger partial charge in [-0.1, -0.05) is 17.7 Å². The summed E-state index contributed by atoms with van der Waals surface area (Å²) in [6.45, 7) is 0. The number of anilines is 1. The quantitative estimate of drug-likeness (QED) is 0.579. The summed E-state index contributed by atoms with van der Waals surface area (Å²) in [6.07, 6.45) is 1.60. The number of H-pyrrole nitrogens is 1. The zero-order valence-corrected chi connectivity index (χ0v) is 14.1. The molecule has 0 saturated heterocycles. The maximum absolute atomic E-state index is 11.0. The van der Waals surface area contributed by atoms with E-state index in [0.717, 1.165) is 18.4 Å². The Morgan fingerprint density at radius 2 is 2.26 bits per heavy atom. The fraction of sp³-hybridized carbons (Fsp3) is 0.154. The highest BCUT2D eigenvalue weighted by molar-refractivity contribution is 7.80. The van der Waals surface area contributed by atoms with Crippen LogP contribution in [-0.2, 0) is 24.1 Å². The summed E-state index contributed by atoms with van der Waals surface area (Å²) in [5, 5.41) is 16.3. The average molecular weight is 370 g/mol. The van der Waals surface area contributed by atoms with Crippen LogP contribution in [-0.4, -0.2) is 29.4 Å². The summed E-state index contributed by atoms with van der Waals surface area (Å²) in [6, 6.07) is 7.50. The van der Waals surface area contributed by atoms with E-state index in [1.807, 2.05) is 11.4 Å². The predicted octanol–water partition coefficient (Wildman–Crippen LogP) is 2.92. The number of rotatable bonds is 6. The molecule has 0 aliphatic rings. The van der Waals surface area contributed by atoms with Crippen LogP contribution in [0.4, 0.5) is 5.69 Å². The van der Waals surface area contributed by atoms with Crippen LogP contribution in [0.25, 0.3) is 11.4 Å². The SMILES string of the molecule is O=S(O)Nc1cc(-c2nn[nH]n2)c(CCc2cccs2)cc1Cl. The molecule has 120 valence electrons. The summed E-state index contributed by atoms with van der Waals surface area (Å²) in [5.74, 6) is 0.412. The Kier molecular flexibility index (Phi) is 5.01. The summed E-state index contributed by atoms with van der Waals surface area (Å²) in [4.78, 5) is 1.26. The minimum atomic E-state index is -2.21. The van der Waals surface area contributed by atoms with Gasteiger partial charge in [-0.2, -0.15) is 5.21 Å². The smallest absolute Gasteiger partial charge is 0.259 e. The molecule has 3 N–H and O–H groups in total. The highest BCUT2D eigenvalue weighted by atomic mass is 35.5. The van der Waals surface area contributed by atoms with Crippen molar-refractivity contribution in [1.82, 2.24) is 20.6 Å². The van der Waals surface area contributed by atoms with Crippen molar-refractivity contribution >= 4 is 39.9 Å². The number of benzene rings is 1. The molecule has 0 fully saturated rings. The van der Waals surface area contributed by atoms with E-state index in [-0.39, 0.29) is 0 Å². The first-order chi connectivity index (χ1) is 11.1. The second-order valence-electron chi connectivity index (χ2n) is 4.66. The molecular formula is C13H12ClN5O2S2. The van der Waals surface area contributed by atoms with Gasteiger partial charge >= 0.3 is 0 Å². The zero-order valence-electron chi connectivity index (χ0n) is 11.7. The van der Waals surface area contributed by atoms with Gasteiger partial charge in [0.05, 0.1) is 10.7 Å². The van der Waals surface area contributed by atoms with Crippen molar-refractivity contribution < 1.29 is 8.76 Å². The molecule has 23 heavy (non-hydrogen) atoms. The molecule has 1 atom stereocenters. The van der Waals surface area contributed by atoms with Crippen molar-refractivity contribution in [3.8, 4) is 11.4 Å². The largest absolute Gasteiger partial charge is 0.289 e. The molecule has 0 saturated carbocycles. The van der Waals surface area contributed by atoms with E-state index in [0.29, 0.717) is 22.1 Å². The molecule has 0 aliphatic carbocycles. The number of hydrogen-bond donors (Lipinski definition) is 3. The van der Waals surface area contributed by atoms with Crippen LogP contribution < -0.4 is 4.72 Å². The zero-order chi connectivity index (χ0) is 16.2. The molecule has 3 aromatic rings. The number of nitrogens with one attached hydrogen (secondary N) is 2. The van der Waals surface area contributed by atoms with Gasteiger partial charge in [0, 0.05) is 10.4 Å². The van der Waals surface area contributed by atoms with Gasteiger partial charge < -0.3 is 0 Å². The molecule has 2 aromatic heterocycles. The van der Waals surface area contributed by atoms with E-state index in [2.05, 4.69) is 31.4 Å². The third-order valence-corrected chi connectivity index (χ3v) is 4.84. The maximum Gasteiger partial charge on any atom is 0.259 e. The first-order valence-electron chi connectivity index (χ1n) is 6.59. The summed E-state index contributed by atoms with van der Waals surface area (Å²) in [7, 11) is 0. The van der Waals surface area contributed by atoms with Crippen molar-refractivity contribution in [2.75, 3.05) is 4.72 Å². The van der Waals surface area contributed by atoms with E-state index < -0.39 is 11.3 Å². The highest BCUT2D eigenvalue weighted by Gasteiger charge is 2.15. The molecule has 0 amide bonds. The van der Waals surface area contributed by atoms with E-state index >= 15 is 0 Å². The molecule has 1 aromatic carbocycles. The van der Waals surface area contributed by atoms with Crippen LogP contribution in [0.1, 0.15) is 10.4 Å². The molecule has 0 radical (unpaired) electrons. The third-order valence-electron chi connectivity index (χ3n) is 3.20. The van der Waals surface area contributed by atoms with Crippen molar-refractivity contribution in [3.05, 3.63) is 45.1 Å². The Balaban J connectivity index is 1.96. The molecule has 10 heteroatoms. The van der Waals surface area contributed by atoms with Crippen LogP contribution >= 0.6 is 22.9 Å². The average Bonchev–Trinajstić information content (AvgIpc) is 3.20.